The first-order valence-electron chi connectivity index (χ1n) is 7.03. The van der Waals surface area contributed by atoms with Gasteiger partial charge < -0.3 is 10.6 Å². The number of amides is 1. The molecule has 1 amide bonds. The average molecular weight is 297 g/mol. The third-order valence-electron chi connectivity index (χ3n) is 4.29. The summed E-state index contributed by atoms with van der Waals surface area (Å²) >= 11 is 0. The van der Waals surface area contributed by atoms with Crippen LogP contribution in [0.15, 0.2) is 30.3 Å². The molecule has 2 N–H and O–H groups in total. The zero-order valence-corrected chi connectivity index (χ0v) is 13.3. The Balaban J connectivity index is 0.00000200. The molecule has 0 aromatic heterocycles. The van der Waals surface area contributed by atoms with E-state index >= 15 is 0 Å². The van der Waals surface area contributed by atoms with Crippen molar-refractivity contribution in [3.8, 4) is 0 Å². The molecule has 1 aliphatic rings. The Hall–Kier alpha value is -1.06. The highest BCUT2D eigenvalue weighted by molar-refractivity contribution is 5.87. The van der Waals surface area contributed by atoms with Crippen LogP contribution in [0.1, 0.15) is 32.8 Å². The third-order valence-corrected chi connectivity index (χ3v) is 4.29. The molecule has 0 aliphatic carbocycles. The van der Waals surface area contributed by atoms with Crippen LogP contribution in [0.25, 0.3) is 0 Å². The molecular weight excluding hydrogens is 272 g/mol. The summed E-state index contributed by atoms with van der Waals surface area (Å²) in [5, 5.41) is 0. The zero-order chi connectivity index (χ0) is 14.0. The second-order valence-corrected chi connectivity index (χ2v) is 6.15. The normalized spacial score (nSPS) is 20.4. The quantitative estimate of drug-likeness (QED) is 0.932. The fraction of sp³-hybridized carbons (Fsp3) is 0.562. The van der Waals surface area contributed by atoms with Crippen molar-refractivity contribution < 1.29 is 4.79 Å². The molecule has 1 saturated heterocycles. The van der Waals surface area contributed by atoms with Gasteiger partial charge in [0.2, 0.25) is 5.91 Å². The topological polar surface area (TPSA) is 46.3 Å². The van der Waals surface area contributed by atoms with Crippen molar-refractivity contribution in [3.05, 3.63) is 35.9 Å². The molecule has 1 heterocycles. The van der Waals surface area contributed by atoms with Gasteiger partial charge in [0.15, 0.2) is 0 Å². The van der Waals surface area contributed by atoms with E-state index in [4.69, 9.17) is 5.73 Å². The molecule has 0 radical (unpaired) electrons. The number of rotatable bonds is 3. The van der Waals surface area contributed by atoms with Crippen LogP contribution in [0, 0.1) is 5.92 Å². The maximum Gasteiger partial charge on any atom is 0.232 e. The molecule has 20 heavy (non-hydrogen) atoms. The molecule has 112 valence electrons. The predicted octanol–water partition coefficient (Wildman–Crippen LogP) is 2.58. The summed E-state index contributed by atoms with van der Waals surface area (Å²) in [5.74, 6) is 0.650. The number of benzene rings is 1. The van der Waals surface area contributed by atoms with Crippen molar-refractivity contribution in [3.63, 3.8) is 0 Å². The Labute approximate surface area is 127 Å². The highest BCUT2D eigenvalue weighted by Crippen LogP contribution is 2.29. The van der Waals surface area contributed by atoms with Crippen LogP contribution in [0.5, 0.6) is 0 Å². The standard InChI is InChI=1S/C16H24N2O.ClH/c1-12(17)13-9-10-18(11-13)15(19)16(2,3)14-7-5-4-6-8-14;/h4-8,12-13H,9-11,17H2,1-3H3;1H. The summed E-state index contributed by atoms with van der Waals surface area (Å²) in [4.78, 5) is 14.7. The summed E-state index contributed by atoms with van der Waals surface area (Å²) in [5.41, 5.74) is 6.55. The lowest BCUT2D eigenvalue weighted by Crippen LogP contribution is -2.43. The summed E-state index contributed by atoms with van der Waals surface area (Å²) < 4.78 is 0. The summed E-state index contributed by atoms with van der Waals surface area (Å²) in [7, 11) is 0. The molecular formula is C16H25ClN2O. The van der Waals surface area contributed by atoms with E-state index < -0.39 is 5.41 Å². The molecule has 1 aliphatic heterocycles. The number of nitrogens with zero attached hydrogens (tertiary/aromatic N) is 1. The lowest BCUT2D eigenvalue weighted by molar-refractivity contribution is -0.135. The maximum absolute atomic E-state index is 12.7. The number of likely N-dealkylation sites (tertiary alicyclic amines) is 1. The van der Waals surface area contributed by atoms with Gasteiger partial charge in [-0.25, -0.2) is 0 Å². The van der Waals surface area contributed by atoms with Crippen LogP contribution in [0.4, 0.5) is 0 Å². The number of carbonyl (C=O) groups excluding carboxylic acids is 1. The fourth-order valence-corrected chi connectivity index (χ4v) is 2.77. The molecule has 0 bridgehead atoms. The second kappa shape index (κ2) is 6.59. The van der Waals surface area contributed by atoms with Crippen molar-refractivity contribution in [1.82, 2.24) is 4.90 Å². The van der Waals surface area contributed by atoms with Gasteiger partial charge in [0.1, 0.15) is 0 Å². The van der Waals surface area contributed by atoms with Gasteiger partial charge in [-0.05, 0) is 38.7 Å². The fourth-order valence-electron chi connectivity index (χ4n) is 2.77. The van der Waals surface area contributed by atoms with Gasteiger partial charge in [-0.15, -0.1) is 12.4 Å². The van der Waals surface area contributed by atoms with Gasteiger partial charge in [-0.2, -0.15) is 0 Å². The Morgan fingerprint density at radius 3 is 2.45 bits per heavy atom. The van der Waals surface area contributed by atoms with Crippen molar-refractivity contribution >= 4 is 18.3 Å². The van der Waals surface area contributed by atoms with Crippen LogP contribution in [0.3, 0.4) is 0 Å². The number of hydrogen-bond donors (Lipinski definition) is 1. The molecule has 2 unspecified atom stereocenters. The van der Waals surface area contributed by atoms with Gasteiger partial charge in [-0.3, -0.25) is 4.79 Å². The SMILES string of the molecule is CC(N)C1CCN(C(=O)C(C)(C)c2ccccc2)C1.Cl. The lowest BCUT2D eigenvalue weighted by atomic mass is 9.83. The number of nitrogens with two attached hydrogens (primary N) is 1. The molecule has 1 fully saturated rings. The van der Waals surface area contributed by atoms with Gasteiger partial charge >= 0.3 is 0 Å². The van der Waals surface area contributed by atoms with Gasteiger partial charge in [0.05, 0.1) is 5.41 Å². The first-order chi connectivity index (χ1) is 8.93. The van der Waals surface area contributed by atoms with Crippen LogP contribution < -0.4 is 5.73 Å². The first-order valence-corrected chi connectivity index (χ1v) is 7.03. The third kappa shape index (κ3) is 3.33. The smallest absolute Gasteiger partial charge is 0.232 e. The van der Waals surface area contributed by atoms with Crippen molar-refractivity contribution in [2.24, 2.45) is 11.7 Å². The average Bonchev–Trinajstić information content (AvgIpc) is 2.88. The highest BCUT2D eigenvalue weighted by atomic mass is 35.5. The van der Waals surface area contributed by atoms with Crippen molar-refractivity contribution in [2.75, 3.05) is 13.1 Å². The number of hydrogen-bond acceptors (Lipinski definition) is 2. The number of carbonyl (C=O) groups is 1. The van der Waals surface area contributed by atoms with Crippen molar-refractivity contribution in [2.45, 2.75) is 38.6 Å². The number of halogens is 1. The Morgan fingerprint density at radius 2 is 1.95 bits per heavy atom. The van der Waals surface area contributed by atoms with Crippen LogP contribution >= 0.6 is 12.4 Å². The van der Waals surface area contributed by atoms with E-state index in [2.05, 4.69) is 0 Å². The Kier molecular flexibility index (Phi) is 5.60. The summed E-state index contributed by atoms with van der Waals surface area (Å²) in [6.45, 7) is 7.67. The lowest BCUT2D eigenvalue weighted by Gasteiger charge is -2.30. The van der Waals surface area contributed by atoms with Crippen molar-refractivity contribution in [1.29, 1.82) is 0 Å². The van der Waals surface area contributed by atoms with E-state index in [1.807, 2.05) is 56.0 Å². The first kappa shape index (κ1) is 17.0. The van der Waals surface area contributed by atoms with Crippen LogP contribution in [0.2, 0.25) is 0 Å². The van der Waals surface area contributed by atoms with E-state index in [1.54, 1.807) is 0 Å². The molecule has 2 atom stereocenters. The monoisotopic (exact) mass is 296 g/mol. The van der Waals surface area contributed by atoms with E-state index in [0.29, 0.717) is 5.92 Å². The maximum atomic E-state index is 12.7. The Morgan fingerprint density at radius 1 is 1.35 bits per heavy atom. The van der Waals surface area contributed by atoms with E-state index in [9.17, 15) is 4.79 Å². The van der Waals surface area contributed by atoms with E-state index in [1.165, 1.54) is 0 Å². The van der Waals surface area contributed by atoms with Gasteiger partial charge in [-0.1, -0.05) is 30.3 Å². The molecule has 2 rings (SSSR count). The predicted molar refractivity (Wildman–Crippen MR) is 85.1 cm³/mol. The van der Waals surface area contributed by atoms with Gasteiger partial charge in [0, 0.05) is 19.1 Å². The summed E-state index contributed by atoms with van der Waals surface area (Å²) in [6.07, 6.45) is 1.02. The molecule has 0 spiro atoms. The zero-order valence-electron chi connectivity index (χ0n) is 12.5. The Bertz CT molecular complexity index is 445. The molecule has 1 aromatic carbocycles. The van der Waals surface area contributed by atoms with E-state index in [-0.39, 0.29) is 24.4 Å². The minimum atomic E-state index is -0.464. The molecule has 0 saturated carbocycles. The van der Waals surface area contributed by atoms with Gasteiger partial charge in [0.25, 0.3) is 0 Å². The largest absolute Gasteiger partial charge is 0.342 e. The second-order valence-electron chi connectivity index (χ2n) is 6.15. The molecule has 3 nitrogen and oxygen atoms in total. The van der Waals surface area contributed by atoms with Crippen LogP contribution in [-0.4, -0.2) is 29.9 Å². The highest BCUT2D eigenvalue weighted by Gasteiger charge is 2.37. The molecule has 4 heteroatoms. The summed E-state index contributed by atoms with van der Waals surface area (Å²) in [6, 6.07) is 10.2. The molecule has 1 aromatic rings. The minimum absolute atomic E-state index is 0. The van der Waals surface area contributed by atoms with Crippen LogP contribution in [-0.2, 0) is 10.2 Å². The minimum Gasteiger partial charge on any atom is -0.342 e. The van der Waals surface area contributed by atoms with E-state index in [0.717, 1.165) is 25.1 Å².